The van der Waals surface area contributed by atoms with E-state index in [9.17, 15) is 9.59 Å². The van der Waals surface area contributed by atoms with Gasteiger partial charge in [-0.3, -0.25) is 14.6 Å². The number of nitrogens with one attached hydrogen (secondary N) is 1. The fourth-order valence-corrected chi connectivity index (χ4v) is 4.69. The zero-order valence-corrected chi connectivity index (χ0v) is 21.9. The van der Waals surface area contributed by atoms with Crippen molar-refractivity contribution < 1.29 is 9.59 Å². The third-order valence-electron chi connectivity index (χ3n) is 6.48. The fraction of sp³-hybridized carbons (Fsp3) is 0.276. The highest BCUT2D eigenvalue weighted by Gasteiger charge is 2.36. The third kappa shape index (κ3) is 5.80. The number of benzene rings is 3. The van der Waals surface area contributed by atoms with Gasteiger partial charge in [0.2, 0.25) is 5.91 Å². The van der Waals surface area contributed by atoms with E-state index in [1.165, 1.54) is 4.90 Å². The number of halogens is 2. The number of fused-ring (bicyclic) bond motifs is 1. The summed E-state index contributed by atoms with van der Waals surface area (Å²) in [7, 11) is 0. The van der Waals surface area contributed by atoms with Crippen molar-refractivity contribution in [3.8, 4) is 0 Å². The summed E-state index contributed by atoms with van der Waals surface area (Å²) in [6, 6.07) is 22.0. The number of carbonyl (C=O) groups excluding carboxylic acids is 2. The number of aliphatic imine (C=N–C) groups is 1. The first-order valence-electron chi connectivity index (χ1n) is 12.1. The predicted molar refractivity (Wildman–Crippen MR) is 147 cm³/mol. The SMILES string of the molecule is CC[C@@H](C)[C@@H]1N=C(c2ccccc2Cl)c2cc(Cl)ccc2N(CC(=O)NCCc2ccccc2)C1=O. The van der Waals surface area contributed by atoms with Crippen LogP contribution >= 0.6 is 23.2 Å². The molecule has 4 rings (SSSR count). The van der Waals surface area contributed by atoms with Gasteiger partial charge in [0.15, 0.2) is 0 Å². The lowest BCUT2D eigenvalue weighted by atomic mass is 9.97. The van der Waals surface area contributed by atoms with Gasteiger partial charge in [-0.25, -0.2) is 0 Å². The Morgan fingerprint density at radius 2 is 1.75 bits per heavy atom. The first-order chi connectivity index (χ1) is 17.4. The zero-order chi connectivity index (χ0) is 25.7. The van der Waals surface area contributed by atoms with Gasteiger partial charge >= 0.3 is 0 Å². The van der Waals surface area contributed by atoms with Crippen molar-refractivity contribution in [2.45, 2.75) is 32.7 Å². The van der Waals surface area contributed by atoms with E-state index in [4.69, 9.17) is 28.2 Å². The quantitative estimate of drug-likeness (QED) is 0.398. The van der Waals surface area contributed by atoms with Crippen LogP contribution in [0.25, 0.3) is 0 Å². The summed E-state index contributed by atoms with van der Waals surface area (Å²) >= 11 is 13.0. The van der Waals surface area contributed by atoms with Crippen LogP contribution in [-0.2, 0) is 16.0 Å². The monoisotopic (exact) mass is 521 g/mol. The number of amides is 2. The molecule has 1 aliphatic rings. The van der Waals surface area contributed by atoms with Gasteiger partial charge < -0.3 is 10.2 Å². The van der Waals surface area contributed by atoms with Crippen molar-refractivity contribution in [1.82, 2.24) is 5.32 Å². The van der Waals surface area contributed by atoms with E-state index in [1.54, 1.807) is 24.3 Å². The summed E-state index contributed by atoms with van der Waals surface area (Å²) in [6.07, 6.45) is 1.46. The van der Waals surface area contributed by atoms with Gasteiger partial charge in [0.05, 0.1) is 11.4 Å². The average molecular weight is 522 g/mol. The van der Waals surface area contributed by atoms with Crippen LogP contribution in [0.2, 0.25) is 10.0 Å². The molecule has 1 N–H and O–H groups in total. The van der Waals surface area contributed by atoms with Gasteiger partial charge in [0.1, 0.15) is 12.6 Å². The molecule has 5 nitrogen and oxygen atoms in total. The van der Waals surface area contributed by atoms with E-state index >= 15 is 0 Å². The van der Waals surface area contributed by atoms with Gasteiger partial charge in [-0.15, -0.1) is 0 Å². The molecule has 0 unspecified atom stereocenters. The number of benzodiazepines with no additional fused rings is 1. The minimum atomic E-state index is -0.662. The van der Waals surface area contributed by atoms with E-state index in [-0.39, 0.29) is 24.3 Å². The Balaban J connectivity index is 1.69. The number of rotatable bonds is 8. The lowest BCUT2D eigenvalue weighted by molar-refractivity contribution is -0.124. The molecule has 0 saturated heterocycles. The van der Waals surface area contributed by atoms with Crippen LogP contribution in [0.4, 0.5) is 5.69 Å². The van der Waals surface area contributed by atoms with Crippen LogP contribution in [0.3, 0.4) is 0 Å². The second kappa shape index (κ2) is 11.7. The molecule has 0 radical (unpaired) electrons. The highest BCUT2D eigenvalue weighted by molar-refractivity contribution is 6.37. The standard InChI is InChI=1S/C29H29Cl2N3O2/c1-3-19(2)27-29(36)34(18-26(35)32-16-15-20-9-5-4-6-10-20)25-14-13-21(30)17-23(25)28(33-27)22-11-7-8-12-24(22)31/h4-14,17,19,27H,3,15-16,18H2,1-2H3,(H,32,35)/t19-,27+/m1/s1. The summed E-state index contributed by atoms with van der Waals surface area (Å²) in [5.74, 6) is -0.485. The van der Waals surface area contributed by atoms with E-state index in [0.29, 0.717) is 40.0 Å². The number of hydrogen-bond donors (Lipinski definition) is 1. The number of hydrogen-bond acceptors (Lipinski definition) is 3. The molecular formula is C29H29Cl2N3O2. The largest absolute Gasteiger partial charge is 0.354 e. The van der Waals surface area contributed by atoms with Crippen molar-refractivity contribution in [3.63, 3.8) is 0 Å². The Morgan fingerprint density at radius 1 is 1.03 bits per heavy atom. The molecule has 2 atom stereocenters. The summed E-state index contributed by atoms with van der Waals surface area (Å²) in [6.45, 7) is 4.39. The predicted octanol–water partition coefficient (Wildman–Crippen LogP) is 5.95. The van der Waals surface area contributed by atoms with E-state index < -0.39 is 6.04 Å². The minimum absolute atomic E-state index is 0.0385. The second-order valence-corrected chi connectivity index (χ2v) is 9.80. The maximum atomic E-state index is 13.9. The van der Waals surface area contributed by atoms with E-state index in [1.807, 2.05) is 62.4 Å². The molecule has 186 valence electrons. The van der Waals surface area contributed by atoms with E-state index in [2.05, 4.69) is 5.32 Å². The van der Waals surface area contributed by atoms with Crippen LogP contribution in [0, 0.1) is 5.92 Å². The van der Waals surface area contributed by atoms with Crippen molar-refractivity contribution in [1.29, 1.82) is 0 Å². The van der Waals surface area contributed by atoms with Crippen LogP contribution in [0.5, 0.6) is 0 Å². The molecule has 0 fully saturated rings. The Labute approximate surface area is 222 Å². The van der Waals surface area contributed by atoms with Gasteiger partial charge in [-0.05, 0) is 42.2 Å². The Morgan fingerprint density at radius 3 is 2.47 bits per heavy atom. The highest BCUT2D eigenvalue weighted by Crippen LogP contribution is 2.34. The molecule has 36 heavy (non-hydrogen) atoms. The molecule has 1 heterocycles. The summed E-state index contributed by atoms with van der Waals surface area (Å²) in [5, 5.41) is 4.00. The maximum Gasteiger partial charge on any atom is 0.252 e. The molecule has 3 aromatic rings. The van der Waals surface area contributed by atoms with Crippen LogP contribution in [0.15, 0.2) is 77.8 Å². The van der Waals surface area contributed by atoms with Crippen LogP contribution in [0.1, 0.15) is 37.0 Å². The van der Waals surface area contributed by atoms with E-state index in [0.717, 1.165) is 17.5 Å². The number of anilines is 1. The summed E-state index contributed by atoms with van der Waals surface area (Å²) < 4.78 is 0. The molecule has 7 heteroatoms. The summed E-state index contributed by atoms with van der Waals surface area (Å²) in [4.78, 5) is 33.3. The zero-order valence-electron chi connectivity index (χ0n) is 20.4. The molecule has 1 aliphatic heterocycles. The minimum Gasteiger partial charge on any atom is -0.354 e. The first kappa shape index (κ1) is 25.9. The molecule has 0 saturated carbocycles. The molecule has 0 aliphatic carbocycles. The van der Waals surface area contributed by atoms with Crippen molar-refractivity contribution in [2.24, 2.45) is 10.9 Å². The number of carbonyl (C=O) groups is 2. The molecule has 0 bridgehead atoms. The molecule has 2 amide bonds. The highest BCUT2D eigenvalue weighted by atomic mass is 35.5. The lowest BCUT2D eigenvalue weighted by Crippen LogP contribution is -2.46. The lowest BCUT2D eigenvalue weighted by Gasteiger charge is -2.26. The van der Waals surface area contributed by atoms with Crippen molar-refractivity contribution in [3.05, 3.63) is 99.5 Å². The van der Waals surface area contributed by atoms with Gasteiger partial charge in [0.25, 0.3) is 5.91 Å². The number of nitrogens with zero attached hydrogens (tertiary/aromatic N) is 2. The van der Waals surface area contributed by atoms with Gasteiger partial charge in [-0.2, -0.15) is 0 Å². The second-order valence-electron chi connectivity index (χ2n) is 8.96. The third-order valence-corrected chi connectivity index (χ3v) is 7.05. The van der Waals surface area contributed by atoms with Crippen molar-refractivity contribution >= 4 is 46.4 Å². The first-order valence-corrected chi connectivity index (χ1v) is 12.9. The summed E-state index contributed by atoms with van der Waals surface area (Å²) in [5.41, 5.74) is 3.72. The topological polar surface area (TPSA) is 61.8 Å². The Hall–Kier alpha value is -3.15. The van der Waals surface area contributed by atoms with Gasteiger partial charge in [0, 0.05) is 27.7 Å². The molecule has 3 aromatic carbocycles. The Kier molecular flexibility index (Phi) is 8.44. The average Bonchev–Trinajstić information content (AvgIpc) is 2.99. The van der Waals surface area contributed by atoms with Crippen molar-refractivity contribution in [2.75, 3.05) is 18.0 Å². The normalized spacial score (nSPS) is 16.1. The van der Waals surface area contributed by atoms with Crippen LogP contribution < -0.4 is 10.2 Å². The smallest absolute Gasteiger partial charge is 0.252 e. The molecule has 0 spiro atoms. The van der Waals surface area contributed by atoms with Gasteiger partial charge in [-0.1, -0.05) is 92.0 Å². The Bertz CT molecular complexity index is 1280. The molecule has 0 aromatic heterocycles. The van der Waals surface area contributed by atoms with Crippen LogP contribution in [-0.4, -0.2) is 36.7 Å². The molecular weight excluding hydrogens is 493 g/mol. The fourth-order valence-electron chi connectivity index (χ4n) is 4.29. The maximum absolute atomic E-state index is 13.9.